The maximum Gasteiger partial charge on any atom is 0.137 e. The minimum Gasteiger partial charge on any atom is -0.492 e. The Morgan fingerprint density at radius 3 is 2.85 bits per heavy atom. The van der Waals surface area contributed by atoms with Crippen molar-refractivity contribution in [1.29, 1.82) is 0 Å². The fourth-order valence-electron chi connectivity index (χ4n) is 1.32. The van der Waals surface area contributed by atoms with E-state index in [2.05, 4.69) is 20.9 Å². The van der Waals surface area contributed by atoms with Gasteiger partial charge in [0.15, 0.2) is 0 Å². The predicted molar refractivity (Wildman–Crippen MR) is 54.8 cm³/mol. The second-order valence-electron chi connectivity index (χ2n) is 3.42. The number of aromatic nitrogens is 1. The highest BCUT2D eigenvalue weighted by Gasteiger charge is 2.17. The molecule has 0 radical (unpaired) electrons. The number of halogens is 1. The number of rotatable bonds is 3. The summed E-state index contributed by atoms with van der Waals surface area (Å²) < 4.78 is 6.43. The van der Waals surface area contributed by atoms with Crippen LogP contribution in [-0.2, 0) is 0 Å². The Bertz CT molecular complexity index is 269. The topological polar surface area (TPSA) is 22.1 Å². The van der Waals surface area contributed by atoms with E-state index in [-0.39, 0.29) is 0 Å². The number of hydrogen-bond acceptors (Lipinski definition) is 2. The second-order valence-corrected chi connectivity index (χ2v) is 4.24. The lowest BCUT2D eigenvalue weighted by Gasteiger charge is -2.24. The summed E-state index contributed by atoms with van der Waals surface area (Å²) in [5, 5.41) is 0. The van der Waals surface area contributed by atoms with Crippen molar-refractivity contribution in [2.45, 2.75) is 19.3 Å². The molecule has 1 saturated carbocycles. The predicted octanol–water partition coefficient (Wildman–Crippen LogP) is 3.02. The first-order valence-corrected chi connectivity index (χ1v) is 5.38. The lowest BCUT2D eigenvalue weighted by atomic mass is 9.86. The molecule has 0 aromatic carbocycles. The highest BCUT2D eigenvalue weighted by atomic mass is 79.9. The van der Waals surface area contributed by atoms with Crippen LogP contribution in [0.1, 0.15) is 19.3 Å². The van der Waals surface area contributed by atoms with Crippen LogP contribution in [0.25, 0.3) is 0 Å². The van der Waals surface area contributed by atoms with Gasteiger partial charge >= 0.3 is 0 Å². The Balaban J connectivity index is 1.83. The van der Waals surface area contributed by atoms with Crippen LogP contribution in [0.3, 0.4) is 0 Å². The van der Waals surface area contributed by atoms with Gasteiger partial charge in [-0.3, -0.25) is 0 Å². The molecule has 0 spiro atoms. The molecule has 1 aromatic rings. The zero-order valence-corrected chi connectivity index (χ0v) is 8.96. The molecule has 1 heterocycles. The molecule has 2 nitrogen and oxygen atoms in total. The molecule has 2 rings (SSSR count). The molecule has 1 aliphatic rings. The average molecular weight is 242 g/mol. The van der Waals surface area contributed by atoms with E-state index in [0.29, 0.717) is 0 Å². The Morgan fingerprint density at radius 1 is 1.46 bits per heavy atom. The third kappa shape index (κ3) is 2.44. The van der Waals surface area contributed by atoms with Crippen LogP contribution in [0.2, 0.25) is 0 Å². The third-order valence-corrected chi connectivity index (χ3v) is 2.88. The number of ether oxygens (including phenoxy) is 1. The molecule has 0 unspecified atom stereocenters. The first-order valence-electron chi connectivity index (χ1n) is 4.59. The fraction of sp³-hybridized carbons (Fsp3) is 0.500. The molecule has 3 heteroatoms. The van der Waals surface area contributed by atoms with E-state index in [4.69, 9.17) is 4.74 Å². The molecular weight excluding hydrogens is 230 g/mol. The molecule has 0 N–H and O–H groups in total. The Labute approximate surface area is 86.5 Å². The first kappa shape index (κ1) is 9.00. The highest BCUT2D eigenvalue weighted by molar-refractivity contribution is 9.10. The highest BCUT2D eigenvalue weighted by Crippen LogP contribution is 2.27. The van der Waals surface area contributed by atoms with E-state index >= 15 is 0 Å². The number of nitrogens with zero attached hydrogens (tertiary/aromatic N) is 1. The van der Waals surface area contributed by atoms with Gasteiger partial charge in [0.05, 0.1) is 12.8 Å². The van der Waals surface area contributed by atoms with Crippen molar-refractivity contribution >= 4 is 15.9 Å². The van der Waals surface area contributed by atoms with E-state index in [1.165, 1.54) is 19.3 Å². The molecule has 1 aromatic heterocycles. The van der Waals surface area contributed by atoms with Crippen LogP contribution in [0.4, 0.5) is 0 Å². The molecule has 0 bridgehead atoms. The molecule has 13 heavy (non-hydrogen) atoms. The summed E-state index contributed by atoms with van der Waals surface area (Å²) in [4.78, 5) is 4.09. The van der Waals surface area contributed by atoms with E-state index in [0.717, 1.165) is 22.9 Å². The standard InChI is InChI=1S/C10H12BrNO/c11-10-5-4-9(6-12-10)13-7-8-2-1-3-8/h4-6,8H,1-3,7H2. The summed E-state index contributed by atoms with van der Waals surface area (Å²) in [5.41, 5.74) is 0. The van der Waals surface area contributed by atoms with Crippen molar-refractivity contribution in [2.75, 3.05) is 6.61 Å². The van der Waals surface area contributed by atoms with Crippen molar-refractivity contribution in [3.8, 4) is 5.75 Å². The van der Waals surface area contributed by atoms with Crippen molar-refractivity contribution in [1.82, 2.24) is 4.98 Å². The molecule has 1 aliphatic carbocycles. The van der Waals surface area contributed by atoms with E-state index in [1.807, 2.05) is 12.1 Å². The molecule has 70 valence electrons. The zero-order chi connectivity index (χ0) is 9.10. The molecular formula is C10H12BrNO. The van der Waals surface area contributed by atoms with Crippen LogP contribution in [0.15, 0.2) is 22.9 Å². The summed E-state index contributed by atoms with van der Waals surface area (Å²) in [7, 11) is 0. The lowest BCUT2D eigenvalue weighted by Crippen LogP contribution is -2.19. The molecule has 0 saturated heterocycles. The normalized spacial score (nSPS) is 16.7. The van der Waals surface area contributed by atoms with Gasteiger partial charge in [-0.1, -0.05) is 6.42 Å². The Morgan fingerprint density at radius 2 is 2.31 bits per heavy atom. The molecule has 0 amide bonds. The summed E-state index contributed by atoms with van der Waals surface area (Å²) >= 11 is 3.28. The van der Waals surface area contributed by atoms with Gasteiger partial charge in [-0.2, -0.15) is 0 Å². The molecule has 0 atom stereocenters. The minimum atomic E-state index is 0.781. The third-order valence-electron chi connectivity index (χ3n) is 2.41. The SMILES string of the molecule is Brc1ccc(OCC2CCC2)cn1. The van der Waals surface area contributed by atoms with Crippen molar-refractivity contribution < 1.29 is 4.74 Å². The first-order chi connectivity index (χ1) is 6.34. The van der Waals surface area contributed by atoms with Gasteiger partial charge in [-0.15, -0.1) is 0 Å². The van der Waals surface area contributed by atoms with Gasteiger partial charge in [-0.05, 0) is 46.8 Å². The largest absolute Gasteiger partial charge is 0.492 e. The monoisotopic (exact) mass is 241 g/mol. The Hall–Kier alpha value is -0.570. The van der Waals surface area contributed by atoms with Crippen LogP contribution in [0, 0.1) is 5.92 Å². The van der Waals surface area contributed by atoms with Gasteiger partial charge in [0, 0.05) is 0 Å². The smallest absolute Gasteiger partial charge is 0.137 e. The van der Waals surface area contributed by atoms with Crippen molar-refractivity contribution in [3.05, 3.63) is 22.9 Å². The summed E-state index contributed by atoms with van der Waals surface area (Å²) in [6.45, 7) is 0.851. The van der Waals surface area contributed by atoms with Crippen LogP contribution >= 0.6 is 15.9 Å². The summed E-state index contributed by atoms with van der Waals surface area (Å²) in [5.74, 6) is 1.65. The van der Waals surface area contributed by atoms with E-state index < -0.39 is 0 Å². The number of pyridine rings is 1. The minimum absolute atomic E-state index is 0.781. The van der Waals surface area contributed by atoms with Crippen molar-refractivity contribution in [2.24, 2.45) is 5.92 Å². The number of hydrogen-bond donors (Lipinski definition) is 0. The van der Waals surface area contributed by atoms with Gasteiger partial charge < -0.3 is 4.74 Å². The van der Waals surface area contributed by atoms with Gasteiger partial charge in [0.2, 0.25) is 0 Å². The fourth-order valence-corrected chi connectivity index (χ4v) is 1.56. The summed E-state index contributed by atoms with van der Waals surface area (Å²) in [6, 6.07) is 3.84. The van der Waals surface area contributed by atoms with Gasteiger partial charge in [0.1, 0.15) is 10.4 Å². The average Bonchev–Trinajstić information content (AvgIpc) is 2.05. The maximum atomic E-state index is 5.58. The quantitative estimate of drug-likeness (QED) is 0.760. The summed E-state index contributed by atoms with van der Waals surface area (Å²) in [6.07, 6.45) is 5.77. The van der Waals surface area contributed by atoms with Gasteiger partial charge in [0.25, 0.3) is 0 Å². The van der Waals surface area contributed by atoms with E-state index in [1.54, 1.807) is 6.20 Å². The van der Waals surface area contributed by atoms with E-state index in [9.17, 15) is 0 Å². The maximum absolute atomic E-state index is 5.58. The zero-order valence-electron chi connectivity index (χ0n) is 7.37. The van der Waals surface area contributed by atoms with Crippen LogP contribution < -0.4 is 4.74 Å². The van der Waals surface area contributed by atoms with Crippen LogP contribution in [-0.4, -0.2) is 11.6 Å². The molecule has 0 aliphatic heterocycles. The Kier molecular flexibility index (Phi) is 2.83. The molecule has 1 fully saturated rings. The van der Waals surface area contributed by atoms with Gasteiger partial charge in [-0.25, -0.2) is 4.98 Å². The van der Waals surface area contributed by atoms with Crippen LogP contribution in [0.5, 0.6) is 5.75 Å². The second kappa shape index (κ2) is 4.09. The van der Waals surface area contributed by atoms with Crippen molar-refractivity contribution in [3.63, 3.8) is 0 Å². The lowest BCUT2D eigenvalue weighted by molar-refractivity contribution is 0.180.